The van der Waals surface area contributed by atoms with Crippen molar-refractivity contribution in [2.24, 2.45) is 0 Å². The van der Waals surface area contributed by atoms with Crippen LogP contribution >= 0.6 is 0 Å². The standard InChI is InChI=1S/C14H22N2/c1-3-13-10-15-11-14(16(13)2)9-12-7-5-4-6-8-12/h4-8,13-15H,3,9-11H2,1-2H3/t13?,14-/m1/s1. The van der Waals surface area contributed by atoms with Crippen molar-refractivity contribution in [1.82, 2.24) is 10.2 Å². The van der Waals surface area contributed by atoms with E-state index in [4.69, 9.17) is 0 Å². The van der Waals surface area contributed by atoms with Gasteiger partial charge >= 0.3 is 0 Å². The number of benzene rings is 1. The Balaban J connectivity index is 1.99. The highest BCUT2D eigenvalue weighted by Crippen LogP contribution is 2.14. The molecule has 0 amide bonds. The summed E-state index contributed by atoms with van der Waals surface area (Å²) in [5.74, 6) is 0. The topological polar surface area (TPSA) is 15.3 Å². The first-order chi connectivity index (χ1) is 7.81. The third-order valence-corrected chi connectivity index (χ3v) is 3.70. The highest BCUT2D eigenvalue weighted by atomic mass is 15.2. The molecule has 88 valence electrons. The SMILES string of the molecule is CCC1CNC[C@@H](Cc2ccccc2)N1C. The average molecular weight is 218 g/mol. The van der Waals surface area contributed by atoms with Gasteiger partial charge in [-0.05, 0) is 25.5 Å². The molecular formula is C14H22N2. The second kappa shape index (κ2) is 5.46. The summed E-state index contributed by atoms with van der Waals surface area (Å²) in [6, 6.07) is 12.1. The van der Waals surface area contributed by atoms with Gasteiger partial charge in [-0.15, -0.1) is 0 Å². The lowest BCUT2D eigenvalue weighted by atomic mass is 10.00. The number of rotatable bonds is 3. The predicted molar refractivity (Wildman–Crippen MR) is 68.6 cm³/mol. The molecule has 1 aromatic rings. The second-order valence-corrected chi connectivity index (χ2v) is 4.73. The van der Waals surface area contributed by atoms with Gasteiger partial charge in [0.1, 0.15) is 0 Å². The number of likely N-dealkylation sites (N-methyl/N-ethyl adjacent to an activating group) is 1. The summed E-state index contributed by atoms with van der Waals surface area (Å²) in [6.07, 6.45) is 2.38. The molecule has 0 bridgehead atoms. The molecule has 1 aromatic carbocycles. The molecule has 2 atom stereocenters. The van der Waals surface area contributed by atoms with Gasteiger partial charge in [0.25, 0.3) is 0 Å². The summed E-state index contributed by atoms with van der Waals surface area (Å²) >= 11 is 0. The number of piperazine rings is 1. The summed E-state index contributed by atoms with van der Waals surface area (Å²) in [6.45, 7) is 4.52. The second-order valence-electron chi connectivity index (χ2n) is 4.73. The Bertz CT molecular complexity index is 310. The van der Waals surface area contributed by atoms with E-state index < -0.39 is 0 Å². The van der Waals surface area contributed by atoms with Crippen molar-refractivity contribution >= 4 is 0 Å². The first-order valence-corrected chi connectivity index (χ1v) is 6.28. The van der Waals surface area contributed by atoms with Crippen LogP contribution in [-0.4, -0.2) is 37.1 Å². The van der Waals surface area contributed by atoms with Crippen LogP contribution in [0, 0.1) is 0 Å². The van der Waals surface area contributed by atoms with Crippen molar-refractivity contribution in [3.05, 3.63) is 35.9 Å². The summed E-state index contributed by atoms with van der Waals surface area (Å²) in [5.41, 5.74) is 1.44. The maximum atomic E-state index is 3.54. The number of nitrogens with zero attached hydrogens (tertiary/aromatic N) is 1. The lowest BCUT2D eigenvalue weighted by molar-refractivity contribution is 0.126. The van der Waals surface area contributed by atoms with Crippen LogP contribution in [-0.2, 0) is 6.42 Å². The number of hydrogen-bond acceptors (Lipinski definition) is 2. The van der Waals surface area contributed by atoms with Crippen LogP contribution < -0.4 is 5.32 Å². The van der Waals surface area contributed by atoms with E-state index in [2.05, 4.69) is 54.5 Å². The van der Waals surface area contributed by atoms with E-state index in [9.17, 15) is 0 Å². The van der Waals surface area contributed by atoms with E-state index >= 15 is 0 Å². The zero-order valence-corrected chi connectivity index (χ0v) is 10.3. The molecular weight excluding hydrogens is 196 g/mol. The zero-order chi connectivity index (χ0) is 11.4. The quantitative estimate of drug-likeness (QED) is 0.834. The monoisotopic (exact) mass is 218 g/mol. The maximum Gasteiger partial charge on any atom is 0.0261 e. The van der Waals surface area contributed by atoms with Gasteiger partial charge in [0.15, 0.2) is 0 Å². The highest BCUT2D eigenvalue weighted by molar-refractivity contribution is 5.16. The van der Waals surface area contributed by atoms with E-state index in [1.165, 1.54) is 12.0 Å². The van der Waals surface area contributed by atoms with Gasteiger partial charge in [0, 0.05) is 25.2 Å². The summed E-state index contributed by atoms with van der Waals surface area (Å²) in [7, 11) is 2.27. The Kier molecular flexibility index (Phi) is 3.97. The molecule has 1 aliphatic rings. The fourth-order valence-corrected chi connectivity index (χ4v) is 2.54. The lowest BCUT2D eigenvalue weighted by Crippen LogP contribution is -2.56. The Morgan fingerprint density at radius 2 is 1.88 bits per heavy atom. The third-order valence-electron chi connectivity index (χ3n) is 3.70. The van der Waals surface area contributed by atoms with Crippen LogP contribution in [0.4, 0.5) is 0 Å². The molecule has 0 spiro atoms. The molecule has 1 N–H and O–H groups in total. The molecule has 0 radical (unpaired) electrons. The van der Waals surface area contributed by atoms with E-state index in [0.717, 1.165) is 19.5 Å². The zero-order valence-electron chi connectivity index (χ0n) is 10.3. The van der Waals surface area contributed by atoms with Crippen molar-refractivity contribution in [1.29, 1.82) is 0 Å². The van der Waals surface area contributed by atoms with Gasteiger partial charge in [-0.25, -0.2) is 0 Å². The van der Waals surface area contributed by atoms with E-state index in [-0.39, 0.29) is 0 Å². The molecule has 1 aliphatic heterocycles. The molecule has 0 aromatic heterocycles. The summed E-state index contributed by atoms with van der Waals surface area (Å²) < 4.78 is 0. The van der Waals surface area contributed by atoms with Crippen LogP contribution in [0.1, 0.15) is 18.9 Å². The van der Waals surface area contributed by atoms with Crippen molar-refractivity contribution in [2.45, 2.75) is 31.8 Å². The molecule has 1 fully saturated rings. The van der Waals surface area contributed by atoms with Gasteiger partial charge in [-0.1, -0.05) is 37.3 Å². The van der Waals surface area contributed by atoms with Crippen molar-refractivity contribution in [2.75, 3.05) is 20.1 Å². The van der Waals surface area contributed by atoms with Gasteiger partial charge in [0.2, 0.25) is 0 Å². The molecule has 0 aliphatic carbocycles. The Labute approximate surface area is 98.7 Å². The molecule has 1 saturated heterocycles. The minimum atomic E-state index is 0.640. The Morgan fingerprint density at radius 3 is 2.56 bits per heavy atom. The molecule has 0 saturated carbocycles. The number of nitrogens with one attached hydrogen (secondary N) is 1. The van der Waals surface area contributed by atoms with E-state index in [1.54, 1.807) is 0 Å². The molecule has 1 unspecified atom stereocenters. The van der Waals surface area contributed by atoms with Gasteiger partial charge in [0.05, 0.1) is 0 Å². The van der Waals surface area contributed by atoms with Crippen LogP contribution in [0.15, 0.2) is 30.3 Å². The van der Waals surface area contributed by atoms with Gasteiger partial charge in [-0.3, -0.25) is 4.90 Å². The number of hydrogen-bond donors (Lipinski definition) is 1. The van der Waals surface area contributed by atoms with Crippen LogP contribution in [0.25, 0.3) is 0 Å². The lowest BCUT2D eigenvalue weighted by Gasteiger charge is -2.40. The first kappa shape index (κ1) is 11.6. The predicted octanol–water partition coefficient (Wildman–Crippen LogP) is 1.91. The maximum absolute atomic E-state index is 3.54. The van der Waals surface area contributed by atoms with Crippen molar-refractivity contribution in [3.8, 4) is 0 Å². The fraction of sp³-hybridized carbons (Fsp3) is 0.571. The van der Waals surface area contributed by atoms with E-state index in [1.807, 2.05) is 0 Å². The Morgan fingerprint density at radius 1 is 1.19 bits per heavy atom. The minimum Gasteiger partial charge on any atom is -0.314 e. The average Bonchev–Trinajstić information content (AvgIpc) is 2.33. The van der Waals surface area contributed by atoms with Gasteiger partial charge < -0.3 is 5.32 Å². The Hall–Kier alpha value is -0.860. The summed E-state index contributed by atoms with van der Waals surface area (Å²) in [4.78, 5) is 2.55. The largest absolute Gasteiger partial charge is 0.314 e. The van der Waals surface area contributed by atoms with Crippen molar-refractivity contribution in [3.63, 3.8) is 0 Å². The fourth-order valence-electron chi connectivity index (χ4n) is 2.54. The van der Waals surface area contributed by atoms with E-state index in [0.29, 0.717) is 12.1 Å². The van der Waals surface area contributed by atoms with Crippen LogP contribution in [0.2, 0.25) is 0 Å². The summed E-state index contributed by atoms with van der Waals surface area (Å²) in [5, 5.41) is 3.54. The van der Waals surface area contributed by atoms with Gasteiger partial charge in [-0.2, -0.15) is 0 Å². The van der Waals surface area contributed by atoms with Crippen LogP contribution in [0.3, 0.4) is 0 Å². The molecule has 16 heavy (non-hydrogen) atoms. The first-order valence-electron chi connectivity index (χ1n) is 6.28. The smallest absolute Gasteiger partial charge is 0.0261 e. The molecule has 2 nitrogen and oxygen atoms in total. The third kappa shape index (κ3) is 2.63. The molecule has 2 heteroatoms. The van der Waals surface area contributed by atoms with Crippen LogP contribution in [0.5, 0.6) is 0 Å². The highest BCUT2D eigenvalue weighted by Gasteiger charge is 2.25. The normalized spacial score (nSPS) is 26.9. The van der Waals surface area contributed by atoms with Crippen molar-refractivity contribution < 1.29 is 0 Å². The minimum absolute atomic E-state index is 0.640. The molecule has 1 heterocycles. The molecule has 2 rings (SSSR count).